The molecule has 3 heteroatoms. The van der Waals surface area contributed by atoms with Crippen LogP contribution < -0.4 is 0 Å². The molecule has 0 aliphatic heterocycles. The molecule has 0 atom stereocenters. The molecule has 0 bridgehead atoms. The summed E-state index contributed by atoms with van der Waals surface area (Å²) in [5, 5.41) is 9.27. The largest absolute Gasteiger partial charge is 0.508 e. The first-order valence-electron chi connectivity index (χ1n) is 4.14. The van der Waals surface area contributed by atoms with Gasteiger partial charge < -0.3 is 5.11 Å². The van der Waals surface area contributed by atoms with Gasteiger partial charge >= 0.3 is 0 Å². The highest BCUT2D eigenvalue weighted by Crippen LogP contribution is 2.29. The molecule has 1 aromatic carbocycles. The van der Waals surface area contributed by atoms with Crippen LogP contribution in [0.5, 0.6) is 5.75 Å². The van der Waals surface area contributed by atoms with Gasteiger partial charge in [0.1, 0.15) is 5.75 Å². The number of phenolic OH excluding ortho intramolecular Hbond substituents is 1. The SMILES string of the molecule is O=Cc1ccc(-c2cccc(O)c2)s1. The van der Waals surface area contributed by atoms with E-state index in [4.69, 9.17) is 0 Å². The molecule has 2 nitrogen and oxygen atoms in total. The van der Waals surface area contributed by atoms with Crippen molar-refractivity contribution in [1.29, 1.82) is 0 Å². The van der Waals surface area contributed by atoms with Crippen LogP contribution in [-0.4, -0.2) is 11.4 Å². The molecule has 0 amide bonds. The highest BCUT2D eigenvalue weighted by molar-refractivity contribution is 7.17. The van der Waals surface area contributed by atoms with Gasteiger partial charge in [0.05, 0.1) is 4.88 Å². The van der Waals surface area contributed by atoms with Crippen molar-refractivity contribution in [2.24, 2.45) is 0 Å². The average molecular weight is 204 g/mol. The number of phenols is 1. The number of benzene rings is 1. The Labute approximate surface area is 85.4 Å². The van der Waals surface area contributed by atoms with E-state index in [0.29, 0.717) is 4.88 Å². The maximum absolute atomic E-state index is 10.5. The van der Waals surface area contributed by atoms with Gasteiger partial charge in [-0.25, -0.2) is 0 Å². The Balaban J connectivity index is 2.43. The Hall–Kier alpha value is -1.61. The Morgan fingerprint density at radius 2 is 2.07 bits per heavy atom. The number of carbonyl (C=O) groups excluding carboxylic acids is 1. The van der Waals surface area contributed by atoms with Crippen LogP contribution in [0.4, 0.5) is 0 Å². The Morgan fingerprint density at radius 3 is 2.71 bits per heavy atom. The quantitative estimate of drug-likeness (QED) is 0.763. The van der Waals surface area contributed by atoms with Crippen LogP contribution in [0.2, 0.25) is 0 Å². The molecule has 2 rings (SSSR count). The smallest absolute Gasteiger partial charge is 0.160 e. The lowest BCUT2D eigenvalue weighted by Gasteiger charge is -1.96. The van der Waals surface area contributed by atoms with Crippen LogP contribution in [0.3, 0.4) is 0 Å². The van der Waals surface area contributed by atoms with Gasteiger partial charge in [0.2, 0.25) is 0 Å². The van der Waals surface area contributed by atoms with Crippen molar-refractivity contribution < 1.29 is 9.90 Å². The zero-order valence-electron chi connectivity index (χ0n) is 7.31. The van der Waals surface area contributed by atoms with Gasteiger partial charge in [0.15, 0.2) is 6.29 Å². The molecule has 0 radical (unpaired) electrons. The minimum absolute atomic E-state index is 0.239. The van der Waals surface area contributed by atoms with Crippen molar-refractivity contribution in [3.8, 4) is 16.2 Å². The Morgan fingerprint density at radius 1 is 1.21 bits per heavy atom. The van der Waals surface area contributed by atoms with E-state index in [0.717, 1.165) is 16.7 Å². The average Bonchev–Trinajstić information content (AvgIpc) is 2.66. The van der Waals surface area contributed by atoms with E-state index in [1.807, 2.05) is 12.1 Å². The fraction of sp³-hybridized carbons (Fsp3) is 0. The number of rotatable bonds is 2. The van der Waals surface area contributed by atoms with E-state index in [2.05, 4.69) is 0 Å². The molecule has 0 spiro atoms. The summed E-state index contributed by atoms with van der Waals surface area (Å²) in [6, 6.07) is 10.6. The number of hydrogen-bond donors (Lipinski definition) is 1. The number of carbonyl (C=O) groups is 1. The van der Waals surface area contributed by atoms with Crippen LogP contribution in [-0.2, 0) is 0 Å². The molecule has 70 valence electrons. The third-order valence-electron chi connectivity index (χ3n) is 1.87. The normalized spacial score (nSPS) is 10.0. The zero-order chi connectivity index (χ0) is 9.97. The molecule has 0 fully saturated rings. The van der Waals surface area contributed by atoms with Crippen molar-refractivity contribution in [1.82, 2.24) is 0 Å². The molecule has 0 saturated heterocycles. The van der Waals surface area contributed by atoms with E-state index in [9.17, 15) is 9.90 Å². The van der Waals surface area contributed by atoms with Gasteiger partial charge in [-0.2, -0.15) is 0 Å². The van der Waals surface area contributed by atoms with Crippen LogP contribution in [0.1, 0.15) is 9.67 Å². The fourth-order valence-corrected chi connectivity index (χ4v) is 2.05. The first kappa shape index (κ1) is 8.97. The summed E-state index contributed by atoms with van der Waals surface area (Å²) in [6.45, 7) is 0. The van der Waals surface area contributed by atoms with E-state index >= 15 is 0 Å². The fourth-order valence-electron chi connectivity index (χ4n) is 1.23. The van der Waals surface area contributed by atoms with E-state index in [1.54, 1.807) is 24.3 Å². The molecule has 14 heavy (non-hydrogen) atoms. The van der Waals surface area contributed by atoms with Crippen LogP contribution in [0.25, 0.3) is 10.4 Å². The lowest BCUT2D eigenvalue weighted by Crippen LogP contribution is -1.70. The molecular weight excluding hydrogens is 196 g/mol. The topological polar surface area (TPSA) is 37.3 Å². The minimum atomic E-state index is 0.239. The maximum atomic E-state index is 10.5. The van der Waals surface area contributed by atoms with Gasteiger partial charge in [0, 0.05) is 4.88 Å². The molecule has 1 aromatic heterocycles. The van der Waals surface area contributed by atoms with E-state index in [1.165, 1.54) is 11.3 Å². The third-order valence-corrected chi connectivity index (χ3v) is 2.93. The Bertz CT molecular complexity index is 460. The lowest BCUT2D eigenvalue weighted by atomic mass is 10.2. The maximum Gasteiger partial charge on any atom is 0.160 e. The highest BCUT2D eigenvalue weighted by atomic mass is 32.1. The molecule has 0 aliphatic rings. The monoisotopic (exact) mass is 204 g/mol. The van der Waals surface area contributed by atoms with Crippen molar-refractivity contribution >= 4 is 17.6 Å². The number of thiophene rings is 1. The second-order valence-electron chi connectivity index (χ2n) is 2.87. The summed E-state index contributed by atoms with van der Waals surface area (Å²) < 4.78 is 0. The van der Waals surface area contributed by atoms with Gasteiger partial charge in [-0.3, -0.25) is 4.79 Å². The third kappa shape index (κ3) is 1.67. The minimum Gasteiger partial charge on any atom is -0.508 e. The number of aromatic hydroxyl groups is 1. The van der Waals surface area contributed by atoms with Crippen molar-refractivity contribution in [2.45, 2.75) is 0 Å². The van der Waals surface area contributed by atoms with Crippen molar-refractivity contribution in [3.63, 3.8) is 0 Å². The van der Waals surface area contributed by atoms with Crippen LogP contribution >= 0.6 is 11.3 Å². The van der Waals surface area contributed by atoms with Gasteiger partial charge in [0.25, 0.3) is 0 Å². The molecular formula is C11H8O2S. The second-order valence-corrected chi connectivity index (χ2v) is 3.99. The van der Waals surface area contributed by atoms with Crippen LogP contribution in [0, 0.1) is 0 Å². The lowest BCUT2D eigenvalue weighted by molar-refractivity contribution is 0.112. The predicted molar refractivity (Wildman–Crippen MR) is 56.8 cm³/mol. The Kier molecular flexibility index (Phi) is 2.33. The van der Waals surface area contributed by atoms with Gasteiger partial charge in [-0.1, -0.05) is 12.1 Å². The first-order chi connectivity index (χ1) is 6.79. The molecule has 0 unspecified atom stereocenters. The second kappa shape index (κ2) is 3.64. The van der Waals surface area contributed by atoms with Crippen LogP contribution in [0.15, 0.2) is 36.4 Å². The molecule has 1 N–H and O–H groups in total. The van der Waals surface area contributed by atoms with E-state index in [-0.39, 0.29) is 5.75 Å². The standard InChI is InChI=1S/C11H8O2S/c12-7-10-4-5-11(14-10)8-2-1-3-9(13)6-8/h1-7,13H. The molecule has 1 heterocycles. The summed E-state index contributed by atoms with van der Waals surface area (Å²) in [5.74, 6) is 0.239. The van der Waals surface area contributed by atoms with Gasteiger partial charge in [-0.15, -0.1) is 11.3 Å². The highest BCUT2D eigenvalue weighted by Gasteiger charge is 2.02. The number of aldehydes is 1. The van der Waals surface area contributed by atoms with Gasteiger partial charge in [-0.05, 0) is 29.8 Å². The zero-order valence-corrected chi connectivity index (χ0v) is 8.12. The summed E-state index contributed by atoms with van der Waals surface area (Å²) in [7, 11) is 0. The van der Waals surface area contributed by atoms with E-state index < -0.39 is 0 Å². The predicted octanol–water partition coefficient (Wildman–Crippen LogP) is 2.93. The van der Waals surface area contributed by atoms with Crippen molar-refractivity contribution in [2.75, 3.05) is 0 Å². The first-order valence-corrected chi connectivity index (χ1v) is 4.95. The molecule has 0 aliphatic carbocycles. The summed E-state index contributed by atoms with van der Waals surface area (Å²) in [4.78, 5) is 12.2. The van der Waals surface area contributed by atoms with Crippen molar-refractivity contribution in [3.05, 3.63) is 41.3 Å². The number of hydrogen-bond acceptors (Lipinski definition) is 3. The molecule has 2 aromatic rings. The summed E-state index contributed by atoms with van der Waals surface area (Å²) >= 11 is 1.42. The summed E-state index contributed by atoms with van der Waals surface area (Å²) in [6.07, 6.45) is 0.830. The summed E-state index contributed by atoms with van der Waals surface area (Å²) in [5.41, 5.74) is 0.933. The molecule has 0 saturated carbocycles.